The minimum absolute atomic E-state index is 0.735. The Balaban J connectivity index is 1.96. The van der Waals surface area contributed by atoms with Crippen LogP contribution in [-0.4, -0.2) is 4.40 Å². The van der Waals surface area contributed by atoms with Crippen LogP contribution >= 0.6 is 0 Å². The van der Waals surface area contributed by atoms with E-state index in [4.69, 9.17) is 0 Å². The van der Waals surface area contributed by atoms with Gasteiger partial charge in [-0.05, 0) is 37.8 Å². The highest BCUT2D eigenvalue weighted by Gasteiger charge is 2.20. The van der Waals surface area contributed by atoms with E-state index in [2.05, 4.69) is 45.9 Å². The van der Waals surface area contributed by atoms with Crippen LogP contribution in [0.15, 0.2) is 36.9 Å². The first-order valence-corrected chi connectivity index (χ1v) is 5.91. The summed E-state index contributed by atoms with van der Waals surface area (Å²) in [6.45, 7) is 0. The molecular weight excluding hydrogens is 184 g/mol. The van der Waals surface area contributed by atoms with Gasteiger partial charge in [-0.25, -0.2) is 8.97 Å². The standard InChI is InChI=1S/C13H17N2/c1-2-6-12(7-3-1)15-10-13-8-4-5-9-14(13)11-15/h4-5,8-12H,1-3,6-7H2/q+1. The van der Waals surface area contributed by atoms with E-state index in [1.165, 1.54) is 37.6 Å². The van der Waals surface area contributed by atoms with E-state index in [1.807, 2.05) is 0 Å². The molecule has 78 valence electrons. The van der Waals surface area contributed by atoms with Gasteiger partial charge in [0.15, 0.2) is 5.52 Å². The molecule has 0 saturated heterocycles. The predicted octanol–water partition coefficient (Wildman–Crippen LogP) is 2.73. The zero-order valence-corrected chi connectivity index (χ0v) is 8.97. The molecule has 0 spiro atoms. The lowest BCUT2D eigenvalue weighted by Gasteiger charge is -2.18. The zero-order chi connectivity index (χ0) is 10.1. The van der Waals surface area contributed by atoms with Gasteiger partial charge >= 0.3 is 0 Å². The summed E-state index contributed by atoms with van der Waals surface area (Å²) < 4.78 is 4.60. The first-order valence-electron chi connectivity index (χ1n) is 5.91. The van der Waals surface area contributed by atoms with Crippen LogP contribution in [-0.2, 0) is 0 Å². The zero-order valence-electron chi connectivity index (χ0n) is 8.97. The summed E-state index contributed by atoms with van der Waals surface area (Å²) in [4.78, 5) is 0. The predicted molar refractivity (Wildman–Crippen MR) is 59.7 cm³/mol. The molecule has 0 atom stereocenters. The second-order valence-electron chi connectivity index (χ2n) is 4.52. The van der Waals surface area contributed by atoms with Crippen molar-refractivity contribution in [1.29, 1.82) is 0 Å². The molecule has 0 N–H and O–H groups in total. The number of hydrogen-bond donors (Lipinski definition) is 0. The van der Waals surface area contributed by atoms with Crippen molar-refractivity contribution >= 4 is 5.52 Å². The minimum atomic E-state index is 0.735. The molecule has 0 radical (unpaired) electrons. The molecule has 1 saturated carbocycles. The van der Waals surface area contributed by atoms with Crippen LogP contribution in [0.4, 0.5) is 0 Å². The van der Waals surface area contributed by atoms with E-state index in [0.717, 1.165) is 6.04 Å². The van der Waals surface area contributed by atoms with Crippen molar-refractivity contribution in [3.63, 3.8) is 0 Å². The molecule has 2 aromatic heterocycles. The van der Waals surface area contributed by atoms with E-state index in [9.17, 15) is 0 Å². The number of aromatic nitrogens is 2. The fourth-order valence-electron chi connectivity index (χ4n) is 2.59. The SMILES string of the molecule is c1ccn2c[n+](C3CCCCC3)cc2c1. The van der Waals surface area contributed by atoms with E-state index in [1.54, 1.807) is 0 Å². The lowest BCUT2D eigenvalue weighted by molar-refractivity contribution is -0.724. The van der Waals surface area contributed by atoms with Crippen LogP contribution in [0.3, 0.4) is 0 Å². The van der Waals surface area contributed by atoms with Crippen molar-refractivity contribution < 1.29 is 4.57 Å². The highest BCUT2D eigenvalue weighted by atomic mass is 15.1. The maximum absolute atomic E-state index is 2.40. The fourth-order valence-corrected chi connectivity index (χ4v) is 2.59. The third-order valence-corrected chi connectivity index (χ3v) is 3.46. The van der Waals surface area contributed by atoms with Crippen LogP contribution in [0, 0.1) is 0 Å². The normalized spacial score (nSPS) is 18.4. The van der Waals surface area contributed by atoms with Crippen molar-refractivity contribution in [3.05, 3.63) is 36.9 Å². The van der Waals surface area contributed by atoms with Gasteiger partial charge in [-0.1, -0.05) is 12.5 Å². The molecule has 0 bridgehead atoms. The molecule has 1 aliphatic rings. The van der Waals surface area contributed by atoms with Crippen LogP contribution in [0.25, 0.3) is 5.52 Å². The van der Waals surface area contributed by atoms with Crippen LogP contribution in [0.5, 0.6) is 0 Å². The Morgan fingerprint density at radius 1 is 1.13 bits per heavy atom. The Morgan fingerprint density at radius 3 is 2.80 bits per heavy atom. The van der Waals surface area contributed by atoms with Gasteiger partial charge in [-0.2, -0.15) is 0 Å². The molecule has 3 rings (SSSR count). The summed E-state index contributed by atoms with van der Waals surface area (Å²) in [5, 5.41) is 0. The Morgan fingerprint density at radius 2 is 2.00 bits per heavy atom. The number of fused-ring (bicyclic) bond motifs is 1. The quantitative estimate of drug-likeness (QED) is 0.627. The van der Waals surface area contributed by atoms with Gasteiger partial charge in [0, 0.05) is 0 Å². The molecule has 1 fully saturated rings. The van der Waals surface area contributed by atoms with Crippen molar-refractivity contribution in [2.75, 3.05) is 0 Å². The Hall–Kier alpha value is -1.31. The van der Waals surface area contributed by atoms with E-state index >= 15 is 0 Å². The second-order valence-corrected chi connectivity index (χ2v) is 4.52. The third kappa shape index (κ3) is 1.65. The third-order valence-electron chi connectivity index (χ3n) is 3.46. The summed E-state index contributed by atoms with van der Waals surface area (Å²) in [6, 6.07) is 7.08. The number of hydrogen-bond acceptors (Lipinski definition) is 0. The molecule has 2 heterocycles. The first kappa shape index (κ1) is 8.96. The highest BCUT2D eigenvalue weighted by Crippen LogP contribution is 2.23. The van der Waals surface area contributed by atoms with Crippen molar-refractivity contribution in [2.45, 2.75) is 38.1 Å². The lowest BCUT2D eigenvalue weighted by atomic mass is 9.95. The largest absolute Gasteiger partial charge is 0.249 e. The molecule has 1 aliphatic carbocycles. The van der Waals surface area contributed by atoms with Crippen molar-refractivity contribution in [2.24, 2.45) is 0 Å². The maximum Gasteiger partial charge on any atom is 0.249 e. The average molecular weight is 201 g/mol. The van der Waals surface area contributed by atoms with Gasteiger partial charge in [0.05, 0.1) is 6.20 Å². The number of nitrogens with zero attached hydrogens (tertiary/aromatic N) is 2. The average Bonchev–Trinajstić information content (AvgIpc) is 2.74. The molecular formula is C13H17N2+. The summed E-state index contributed by atoms with van der Waals surface area (Å²) in [7, 11) is 0. The summed E-state index contributed by atoms with van der Waals surface area (Å²) >= 11 is 0. The Labute approximate surface area is 90.2 Å². The number of rotatable bonds is 1. The monoisotopic (exact) mass is 201 g/mol. The van der Waals surface area contributed by atoms with Gasteiger partial charge in [-0.3, -0.25) is 0 Å². The summed E-state index contributed by atoms with van der Waals surface area (Å²) in [6.07, 6.45) is 13.5. The molecule has 2 aromatic rings. The van der Waals surface area contributed by atoms with E-state index < -0.39 is 0 Å². The van der Waals surface area contributed by atoms with Crippen LogP contribution in [0.2, 0.25) is 0 Å². The van der Waals surface area contributed by atoms with E-state index in [0.29, 0.717) is 0 Å². The number of pyridine rings is 1. The lowest BCUT2D eigenvalue weighted by Crippen LogP contribution is -2.38. The molecule has 0 amide bonds. The van der Waals surface area contributed by atoms with E-state index in [-0.39, 0.29) is 0 Å². The summed E-state index contributed by atoms with van der Waals surface area (Å²) in [5.74, 6) is 0. The first-order chi connectivity index (χ1) is 7.43. The second kappa shape index (κ2) is 3.69. The molecule has 0 unspecified atom stereocenters. The maximum atomic E-state index is 2.40. The van der Waals surface area contributed by atoms with Crippen molar-refractivity contribution in [3.8, 4) is 0 Å². The molecule has 2 nitrogen and oxygen atoms in total. The van der Waals surface area contributed by atoms with Crippen molar-refractivity contribution in [1.82, 2.24) is 4.40 Å². The van der Waals surface area contributed by atoms with Gasteiger partial charge in [0.2, 0.25) is 6.33 Å². The highest BCUT2D eigenvalue weighted by molar-refractivity contribution is 5.41. The van der Waals surface area contributed by atoms with Gasteiger partial charge in [0.1, 0.15) is 12.2 Å². The fraction of sp³-hybridized carbons (Fsp3) is 0.462. The van der Waals surface area contributed by atoms with Gasteiger partial charge in [-0.15, -0.1) is 0 Å². The van der Waals surface area contributed by atoms with Crippen LogP contribution in [0.1, 0.15) is 38.1 Å². The molecule has 2 heteroatoms. The Kier molecular flexibility index (Phi) is 2.20. The molecule has 0 aromatic carbocycles. The van der Waals surface area contributed by atoms with Gasteiger partial charge in [0.25, 0.3) is 0 Å². The molecule has 0 aliphatic heterocycles. The minimum Gasteiger partial charge on any atom is -0.233 e. The topological polar surface area (TPSA) is 8.29 Å². The van der Waals surface area contributed by atoms with Crippen LogP contribution < -0.4 is 4.57 Å². The summed E-state index contributed by atoms with van der Waals surface area (Å²) in [5.41, 5.74) is 1.29. The van der Waals surface area contributed by atoms with Gasteiger partial charge < -0.3 is 0 Å². The Bertz CT molecular complexity index is 419. The molecule has 15 heavy (non-hydrogen) atoms. The number of imidazole rings is 1. The smallest absolute Gasteiger partial charge is 0.233 e.